The maximum Gasteiger partial charge on any atom is 2.00 e. The van der Waals surface area contributed by atoms with Gasteiger partial charge in [0.25, 0.3) is 0 Å². The third-order valence-electron chi connectivity index (χ3n) is 4.02. The summed E-state index contributed by atoms with van der Waals surface area (Å²) in [6.45, 7) is 0. The van der Waals surface area contributed by atoms with Gasteiger partial charge < -0.3 is 30.8 Å². The minimum Gasteiger partial charge on any atom is -0.545 e. The van der Waals surface area contributed by atoms with Crippen LogP contribution in [-0.4, -0.2) is 22.9 Å². The van der Waals surface area contributed by atoms with Gasteiger partial charge >= 0.3 is 17.1 Å². The normalized spacial score (nSPS) is 8.80. The van der Waals surface area contributed by atoms with E-state index >= 15 is 0 Å². The third-order valence-corrected chi connectivity index (χ3v) is 4.02. The zero-order valence-electron chi connectivity index (χ0n) is 15.3. The number of aromatic carboxylic acids is 2. The van der Waals surface area contributed by atoms with Gasteiger partial charge in [-0.15, -0.1) is 0 Å². The van der Waals surface area contributed by atoms with Gasteiger partial charge in [0.15, 0.2) is 0 Å². The first kappa shape index (κ1) is 29.5. The summed E-state index contributed by atoms with van der Waals surface area (Å²) in [5.41, 5.74) is 0.496. The van der Waals surface area contributed by atoms with Gasteiger partial charge in [-0.3, -0.25) is 0 Å². The molecule has 0 aliphatic carbocycles. The second-order valence-electron chi connectivity index (χ2n) is 5.63. The van der Waals surface area contributed by atoms with Crippen molar-refractivity contribution in [3.05, 3.63) is 96.1 Å². The molecule has 30 heavy (non-hydrogen) atoms. The number of benzene rings is 4. The van der Waals surface area contributed by atoms with Crippen LogP contribution >= 0.6 is 0 Å². The van der Waals surface area contributed by atoms with E-state index in [9.17, 15) is 19.8 Å². The quantitative estimate of drug-likeness (QED) is 0.370. The molecule has 8 heteroatoms. The predicted octanol–water partition coefficient (Wildman–Crippen LogP) is 0.752. The van der Waals surface area contributed by atoms with Crippen LogP contribution in [-0.2, 0) is 34.1 Å². The van der Waals surface area contributed by atoms with Gasteiger partial charge in [-0.05, 0) is 21.5 Å². The van der Waals surface area contributed by atoms with Gasteiger partial charge in [0, 0.05) is 28.2 Å². The SMILES string of the molecule is O.O.O=C([O-])c1cccc2ccccc12.O=C([O-])c1cccc2ccccc12.[Cu+2].[Cu]. The third kappa shape index (κ3) is 6.68. The van der Waals surface area contributed by atoms with Crippen molar-refractivity contribution in [2.24, 2.45) is 0 Å². The summed E-state index contributed by atoms with van der Waals surface area (Å²) in [6.07, 6.45) is 0. The molecule has 0 fully saturated rings. The van der Waals surface area contributed by atoms with Crippen LogP contribution in [0.3, 0.4) is 0 Å². The molecule has 0 amide bonds. The van der Waals surface area contributed by atoms with Gasteiger partial charge in [-0.1, -0.05) is 84.9 Å². The number of carboxylic acid groups (broad SMARTS) is 2. The Hall–Kier alpha value is -2.70. The summed E-state index contributed by atoms with van der Waals surface area (Å²) < 4.78 is 0. The molecule has 0 aliphatic heterocycles. The molecule has 0 aliphatic rings. The van der Waals surface area contributed by atoms with E-state index in [-0.39, 0.29) is 56.2 Å². The number of hydrogen-bond acceptors (Lipinski definition) is 4. The second kappa shape index (κ2) is 13.5. The molecule has 0 bridgehead atoms. The molecular formula is C22H18Cu2O6. The fourth-order valence-electron chi connectivity index (χ4n) is 2.81. The van der Waals surface area contributed by atoms with Crippen LogP contribution in [0.1, 0.15) is 20.7 Å². The van der Waals surface area contributed by atoms with E-state index in [4.69, 9.17) is 0 Å². The van der Waals surface area contributed by atoms with Crippen molar-refractivity contribution < 1.29 is 64.9 Å². The van der Waals surface area contributed by atoms with Crippen molar-refractivity contribution in [1.29, 1.82) is 0 Å². The Labute approximate surface area is 194 Å². The van der Waals surface area contributed by atoms with Crippen LogP contribution < -0.4 is 10.2 Å². The molecule has 164 valence electrons. The topological polar surface area (TPSA) is 143 Å². The summed E-state index contributed by atoms with van der Waals surface area (Å²) >= 11 is 0. The summed E-state index contributed by atoms with van der Waals surface area (Å²) in [5.74, 6) is -2.26. The van der Waals surface area contributed by atoms with Crippen molar-refractivity contribution in [1.82, 2.24) is 0 Å². The van der Waals surface area contributed by atoms with E-state index in [1.54, 1.807) is 36.4 Å². The molecule has 0 atom stereocenters. The first-order chi connectivity index (χ1) is 12.6. The van der Waals surface area contributed by atoms with Crippen molar-refractivity contribution in [2.45, 2.75) is 0 Å². The summed E-state index contributed by atoms with van der Waals surface area (Å²) in [6, 6.07) is 25.0. The molecule has 2 radical (unpaired) electrons. The van der Waals surface area contributed by atoms with Crippen LogP contribution in [0, 0.1) is 0 Å². The molecule has 4 aromatic carbocycles. The Balaban J connectivity index is 0. The molecule has 4 aromatic rings. The number of carboxylic acids is 2. The second-order valence-corrected chi connectivity index (χ2v) is 5.63. The number of rotatable bonds is 2. The Kier molecular flexibility index (Phi) is 13.3. The van der Waals surface area contributed by atoms with Crippen LogP contribution in [0.15, 0.2) is 84.9 Å². The number of hydrogen-bond donors (Lipinski definition) is 0. The smallest absolute Gasteiger partial charge is 0.545 e. The molecule has 4 rings (SSSR count). The van der Waals surface area contributed by atoms with E-state index in [0.29, 0.717) is 0 Å². The number of carbonyl (C=O) groups is 2. The molecule has 4 N–H and O–H groups in total. The van der Waals surface area contributed by atoms with E-state index in [2.05, 4.69) is 0 Å². The molecule has 0 saturated heterocycles. The predicted molar refractivity (Wildman–Crippen MR) is 104 cm³/mol. The van der Waals surface area contributed by atoms with Crippen LogP contribution in [0.5, 0.6) is 0 Å². The molecule has 0 heterocycles. The molecule has 0 spiro atoms. The molecule has 0 aromatic heterocycles. The van der Waals surface area contributed by atoms with Crippen molar-refractivity contribution in [2.75, 3.05) is 0 Å². The van der Waals surface area contributed by atoms with Crippen molar-refractivity contribution in [3.8, 4) is 0 Å². The van der Waals surface area contributed by atoms with Crippen molar-refractivity contribution in [3.63, 3.8) is 0 Å². The minimum atomic E-state index is -1.13. The summed E-state index contributed by atoms with van der Waals surface area (Å²) in [4.78, 5) is 21.4. The Morgan fingerprint density at radius 1 is 0.533 bits per heavy atom. The molecule has 0 saturated carbocycles. The maximum atomic E-state index is 10.7. The first-order valence-corrected chi connectivity index (χ1v) is 7.96. The maximum absolute atomic E-state index is 10.7. The number of fused-ring (bicyclic) bond motifs is 2. The van der Waals surface area contributed by atoms with E-state index < -0.39 is 11.9 Å². The average Bonchev–Trinajstić information content (AvgIpc) is 2.67. The van der Waals surface area contributed by atoms with Gasteiger partial charge in [-0.2, -0.15) is 0 Å². The van der Waals surface area contributed by atoms with Crippen LogP contribution in [0.25, 0.3) is 21.5 Å². The van der Waals surface area contributed by atoms with Gasteiger partial charge in [-0.25, -0.2) is 0 Å². The fraction of sp³-hybridized carbons (Fsp3) is 0. The zero-order chi connectivity index (χ0) is 18.5. The largest absolute Gasteiger partial charge is 2.00 e. The zero-order valence-corrected chi connectivity index (χ0v) is 17.2. The van der Waals surface area contributed by atoms with Crippen molar-refractivity contribution >= 4 is 33.5 Å². The molecule has 0 unspecified atom stereocenters. The van der Waals surface area contributed by atoms with E-state index in [0.717, 1.165) is 21.5 Å². The standard InChI is InChI=1S/2C11H8O2.2Cu.2H2O/c2*12-11(13)10-7-3-5-8-4-1-2-6-9(8)10;;;;/h2*1-7H,(H,12,13);;;2*1H2/q;;;+2;;/p-2. The summed E-state index contributed by atoms with van der Waals surface area (Å²) in [7, 11) is 0. The molecule has 6 nitrogen and oxygen atoms in total. The summed E-state index contributed by atoms with van der Waals surface area (Å²) in [5, 5.41) is 24.7. The van der Waals surface area contributed by atoms with Gasteiger partial charge in [0.1, 0.15) is 0 Å². The van der Waals surface area contributed by atoms with E-state index in [1.807, 2.05) is 48.5 Å². The van der Waals surface area contributed by atoms with Gasteiger partial charge in [0.2, 0.25) is 0 Å². The van der Waals surface area contributed by atoms with E-state index in [1.165, 1.54) is 0 Å². The Bertz CT molecular complexity index is 1010. The first-order valence-electron chi connectivity index (χ1n) is 7.96. The minimum absolute atomic E-state index is 0. The average molecular weight is 505 g/mol. The van der Waals surface area contributed by atoms with Crippen LogP contribution in [0.2, 0.25) is 0 Å². The Morgan fingerprint density at radius 3 is 1.17 bits per heavy atom. The van der Waals surface area contributed by atoms with Gasteiger partial charge in [0.05, 0.1) is 11.9 Å². The fourth-order valence-corrected chi connectivity index (χ4v) is 2.81. The Morgan fingerprint density at radius 2 is 0.833 bits per heavy atom. The van der Waals surface area contributed by atoms with Crippen LogP contribution in [0.4, 0.5) is 0 Å². The monoisotopic (exact) mass is 504 g/mol. The molecular weight excluding hydrogens is 487 g/mol. The number of carbonyl (C=O) groups excluding carboxylic acids is 2.